The van der Waals surface area contributed by atoms with Crippen LogP contribution in [0.4, 0.5) is 0 Å². The predicted molar refractivity (Wildman–Crippen MR) is 76.0 cm³/mol. The van der Waals surface area contributed by atoms with E-state index in [0.29, 0.717) is 12.0 Å². The minimum Gasteiger partial charge on any atom is -0.363 e. The normalized spacial score (nSPS) is 35.4. The molecule has 0 radical (unpaired) electrons. The standard InChI is InChI=1S/C13H23N3S/c1-3-10-9-16-6-5-11(10)7-12(16)8-15-13(17)14-4-2/h3,10-12H,1,4-9H2,2H3,(H2,14,15,17)/t10-,11+,12+/m0/s1. The first-order chi connectivity index (χ1) is 8.24. The van der Waals surface area contributed by atoms with Crippen molar-refractivity contribution < 1.29 is 0 Å². The second-order valence-electron chi connectivity index (χ2n) is 5.07. The minimum atomic E-state index is 0.654. The lowest BCUT2D eigenvalue weighted by atomic mass is 9.76. The molecule has 0 saturated carbocycles. The number of thiocarbonyl (C=S) groups is 1. The van der Waals surface area contributed by atoms with Gasteiger partial charge in [0.15, 0.2) is 5.11 Å². The van der Waals surface area contributed by atoms with Gasteiger partial charge in [0.25, 0.3) is 0 Å². The smallest absolute Gasteiger partial charge is 0.166 e. The van der Waals surface area contributed by atoms with E-state index in [-0.39, 0.29) is 0 Å². The monoisotopic (exact) mass is 253 g/mol. The Bertz CT molecular complexity index is 292. The molecule has 4 atom stereocenters. The fraction of sp³-hybridized carbons (Fsp3) is 0.769. The van der Waals surface area contributed by atoms with E-state index in [0.717, 1.165) is 24.1 Å². The van der Waals surface area contributed by atoms with Gasteiger partial charge >= 0.3 is 0 Å². The number of fused-ring (bicyclic) bond motifs is 3. The van der Waals surface area contributed by atoms with Gasteiger partial charge in [-0.15, -0.1) is 6.58 Å². The van der Waals surface area contributed by atoms with E-state index < -0.39 is 0 Å². The van der Waals surface area contributed by atoms with E-state index in [1.165, 1.54) is 25.9 Å². The summed E-state index contributed by atoms with van der Waals surface area (Å²) in [6.07, 6.45) is 4.77. The second-order valence-corrected chi connectivity index (χ2v) is 5.48. The Morgan fingerprint density at radius 1 is 1.53 bits per heavy atom. The summed E-state index contributed by atoms with van der Waals surface area (Å²) in [7, 11) is 0. The van der Waals surface area contributed by atoms with Gasteiger partial charge in [0, 0.05) is 25.7 Å². The predicted octanol–water partition coefficient (Wildman–Crippen LogP) is 1.37. The number of piperidine rings is 3. The lowest BCUT2D eigenvalue weighted by Gasteiger charge is -2.49. The Morgan fingerprint density at radius 3 is 2.94 bits per heavy atom. The van der Waals surface area contributed by atoms with Crippen molar-refractivity contribution in [3.63, 3.8) is 0 Å². The molecule has 3 aliphatic heterocycles. The van der Waals surface area contributed by atoms with E-state index in [2.05, 4.69) is 35.1 Å². The van der Waals surface area contributed by atoms with Crippen LogP contribution in [0, 0.1) is 11.8 Å². The molecule has 3 aliphatic rings. The molecule has 0 aliphatic carbocycles. The Kier molecular flexibility index (Phi) is 4.40. The van der Waals surface area contributed by atoms with Crippen molar-refractivity contribution in [3.8, 4) is 0 Å². The van der Waals surface area contributed by atoms with Crippen LogP contribution in [-0.2, 0) is 0 Å². The largest absolute Gasteiger partial charge is 0.363 e. The zero-order valence-corrected chi connectivity index (χ0v) is 11.4. The highest BCUT2D eigenvalue weighted by Crippen LogP contribution is 2.36. The topological polar surface area (TPSA) is 27.3 Å². The van der Waals surface area contributed by atoms with E-state index >= 15 is 0 Å². The molecule has 3 rings (SSSR count). The summed E-state index contributed by atoms with van der Waals surface area (Å²) in [5.41, 5.74) is 0. The molecule has 0 amide bonds. The van der Waals surface area contributed by atoms with Gasteiger partial charge in [-0.05, 0) is 50.4 Å². The second kappa shape index (κ2) is 5.83. The van der Waals surface area contributed by atoms with Crippen molar-refractivity contribution in [2.24, 2.45) is 11.8 Å². The van der Waals surface area contributed by atoms with Crippen LogP contribution >= 0.6 is 12.2 Å². The Labute approximate surface area is 110 Å². The molecule has 1 unspecified atom stereocenters. The van der Waals surface area contributed by atoms with Gasteiger partial charge in [-0.1, -0.05) is 6.08 Å². The van der Waals surface area contributed by atoms with Crippen molar-refractivity contribution in [2.45, 2.75) is 25.8 Å². The van der Waals surface area contributed by atoms with Crippen LogP contribution in [-0.4, -0.2) is 42.2 Å². The maximum absolute atomic E-state index is 5.20. The molecule has 17 heavy (non-hydrogen) atoms. The maximum atomic E-state index is 5.20. The summed E-state index contributed by atoms with van der Waals surface area (Å²) in [5.74, 6) is 1.55. The summed E-state index contributed by atoms with van der Waals surface area (Å²) >= 11 is 5.20. The third-order valence-corrected chi connectivity index (χ3v) is 4.36. The van der Waals surface area contributed by atoms with Crippen molar-refractivity contribution in [1.29, 1.82) is 0 Å². The average Bonchev–Trinajstić information content (AvgIpc) is 2.37. The van der Waals surface area contributed by atoms with Gasteiger partial charge in [0.2, 0.25) is 0 Å². The number of nitrogens with one attached hydrogen (secondary N) is 2. The lowest BCUT2D eigenvalue weighted by molar-refractivity contribution is 0.0215. The average molecular weight is 253 g/mol. The molecule has 2 N–H and O–H groups in total. The van der Waals surface area contributed by atoms with E-state index in [1.54, 1.807) is 0 Å². The third kappa shape index (κ3) is 2.99. The van der Waals surface area contributed by atoms with Crippen LogP contribution in [0.5, 0.6) is 0 Å². The molecular weight excluding hydrogens is 230 g/mol. The fourth-order valence-corrected chi connectivity index (χ4v) is 3.32. The molecule has 0 spiro atoms. The zero-order valence-electron chi connectivity index (χ0n) is 10.6. The van der Waals surface area contributed by atoms with Crippen molar-refractivity contribution in [2.75, 3.05) is 26.2 Å². The summed E-state index contributed by atoms with van der Waals surface area (Å²) in [6.45, 7) is 10.3. The molecule has 3 fully saturated rings. The minimum absolute atomic E-state index is 0.654. The van der Waals surface area contributed by atoms with Gasteiger partial charge in [-0.2, -0.15) is 0 Å². The van der Waals surface area contributed by atoms with Gasteiger partial charge < -0.3 is 10.6 Å². The van der Waals surface area contributed by atoms with E-state index in [9.17, 15) is 0 Å². The highest BCUT2D eigenvalue weighted by molar-refractivity contribution is 7.80. The molecular formula is C13H23N3S. The van der Waals surface area contributed by atoms with Crippen LogP contribution in [0.15, 0.2) is 12.7 Å². The third-order valence-electron chi connectivity index (χ3n) is 4.07. The Hall–Kier alpha value is -0.610. The number of rotatable bonds is 4. The van der Waals surface area contributed by atoms with E-state index in [1.807, 2.05) is 0 Å². The van der Waals surface area contributed by atoms with Crippen molar-refractivity contribution in [3.05, 3.63) is 12.7 Å². The summed E-state index contributed by atoms with van der Waals surface area (Å²) in [4.78, 5) is 2.59. The quantitative estimate of drug-likeness (QED) is 0.584. The highest BCUT2D eigenvalue weighted by Gasteiger charge is 2.38. The van der Waals surface area contributed by atoms with Crippen LogP contribution in [0.1, 0.15) is 19.8 Å². The number of hydrogen-bond acceptors (Lipinski definition) is 2. The molecule has 2 bridgehead atoms. The number of hydrogen-bond donors (Lipinski definition) is 2. The molecule has 0 aromatic carbocycles. The van der Waals surface area contributed by atoms with Gasteiger partial charge in [0.1, 0.15) is 0 Å². The molecule has 3 heterocycles. The molecule has 3 saturated heterocycles. The van der Waals surface area contributed by atoms with Crippen molar-refractivity contribution >= 4 is 17.3 Å². The molecule has 0 aromatic heterocycles. The van der Waals surface area contributed by atoms with Gasteiger partial charge in [0.05, 0.1) is 0 Å². The lowest BCUT2D eigenvalue weighted by Crippen LogP contribution is -2.56. The first-order valence-electron chi connectivity index (χ1n) is 6.63. The summed E-state index contributed by atoms with van der Waals surface area (Å²) in [6, 6.07) is 0.654. The summed E-state index contributed by atoms with van der Waals surface area (Å²) < 4.78 is 0. The summed E-state index contributed by atoms with van der Waals surface area (Å²) in [5, 5.41) is 7.25. The van der Waals surface area contributed by atoms with Gasteiger partial charge in [-0.25, -0.2) is 0 Å². The van der Waals surface area contributed by atoms with Crippen LogP contribution in [0.3, 0.4) is 0 Å². The van der Waals surface area contributed by atoms with E-state index in [4.69, 9.17) is 12.2 Å². The van der Waals surface area contributed by atoms with Crippen LogP contribution < -0.4 is 10.6 Å². The maximum Gasteiger partial charge on any atom is 0.166 e. The van der Waals surface area contributed by atoms with Crippen LogP contribution in [0.25, 0.3) is 0 Å². The Balaban J connectivity index is 1.80. The Morgan fingerprint density at radius 2 is 2.35 bits per heavy atom. The molecule has 4 heteroatoms. The molecule has 96 valence electrons. The molecule has 3 nitrogen and oxygen atoms in total. The van der Waals surface area contributed by atoms with Crippen LogP contribution in [0.2, 0.25) is 0 Å². The first kappa shape index (κ1) is 12.8. The van der Waals surface area contributed by atoms with Crippen molar-refractivity contribution in [1.82, 2.24) is 15.5 Å². The fourth-order valence-electron chi connectivity index (χ4n) is 3.09. The molecule has 0 aromatic rings. The highest BCUT2D eigenvalue weighted by atomic mass is 32.1. The first-order valence-corrected chi connectivity index (χ1v) is 7.03. The zero-order chi connectivity index (χ0) is 12.3. The number of nitrogens with zero attached hydrogens (tertiary/aromatic N) is 1. The SMILES string of the molecule is C=C[C@H]1CN2CC[C@@H]1C[C@@H]2CNC(=S)NCC. The van der Waals surface area contributed by atoms with Gasteiger partial charge in [-0.3, -0.25) is 4.90 Å².